The SMILES string of the molecule is Cc1ccc(NC(=O)NCC(C)N2CCC(C)CC2)cc1Cl. The Morgan fingerprint density at radius 2 is 2.09 bits per heavy atom. The van der Waals surface area contributed by atoms with Gasteiger partial charge in [0.2, 0.25) is 0 Å². The molecule has 2 N–H and O–H groups in total. The molecule has 2 rings (SSSR count). The number of carbonyl (C=O) groups excluding carboxylic acids is 1. The van der Waals surface area contributed by atoms with E-state index in [1.165, 1.54) is 12.8 Å². The lowest BCUT2D eigenvalue weighted by Gasteiger charge is -2.34. The first kappa shape index (κ1) is 17.1. The molecule has 2 amide bonds. The third-order valence-electron chi connectivity index (χ3n) is 4.43. The van der Waals surface area contributed by atoms with Crippen molar-refractivity contribution in [3.63, 3.8) is 0 Å². The molecule has 0 aromatic heterocycles. The Labute approximate surface area is 138 Å². The fourth-order valence-electron chi connectivity index (χ4n) is 2.68. The van der Waals surface area contributed by atoms with Gasteiger partial charge in [-0.05, 0) is 63.4 Å². The molecule has 122 valence electrons. The van der Waals surface area contributed by atoms with Crippen molar-refractivity contribution in [3.05, 3.63) is 28.8 Å². The average molecular weight is 324 g/mol. The number of aryl methyl sites for hydroxylation is 1. The number of rotatable bonds is 4. The summed E-state index contributed by atoms with van der Waals surface area (Å²) >= 11 is 6.06. The second-order valence-electron chi connectivity index (χ2n) is 6.37. The van der Waals surface area contributed by atoms with E-state index in [9.17, 15) is 4.79 Å². The highest BCUT2D eigenvalue weighted by Gasteiger charge is 2.20. The van der Waals surface area contributed by atoms with Gasteiger partial charge in [-0.25, -0.2) is 4.79 Å². The van der Waals surface area contributed by atoms with Crippen LogP contribution in [0.5, 0.6) is 0 Å². The molecule has 1 heterocycles. The first-order valence-electron chi connectivity index (χ1n) is 8.00. The third-order valence-corrected chi connectivity index (χ3v) is 4.84. The largest absolute Gasteiger partial charge is 0.336 e. The van der Waals surface area contributed by atoms with Crippen LogP contribution in [0.25, 0.3) is 0 Å². The molecule has 1 aliphatic rings. The van der Waals surface area contributed by atoms with Gasteiger partial charge in [-0.15, -0.1) is 0 Å². The van der Waals surface area contributed by atoms with Crippen LogP contribution in [0.4, 0.5) is 10.5 Å². The van der Waals surface area contributed by atoms with Gasteiger partial charge < -0.3 is 10.6 Å². The third kappa shape index (κ3) is 4.89. The van der Waals surface area contributed by atoms with Crippen LogP contribution in [-0.2, 0) is 0 Å². The van der Waals surface area contributed by atoms with Crippen molar-refractivity contribution < 1.29 is 4.79 Å². The first-order chi connectivity index (χ1) is 10.5. The van der Waals surface area contributed by atoms with E-state index in [0.29, 0.717) is 23.3 Å². The maximum Gasteiger partial charge on any atom is 0.319 e. The summed E-state index contributed by atoms with van der Waals surface area (Å²) < 4.78 is 0. The van der Waals surface area contributed by atoms with Gasteiger partial charge in [0, 0.05) is 23.3 Å². The fraction of sp³-hybridized carbons (Fsp3) is 0.588. The molecule has 4 nitrogen and oxygen atoms in total. The zero-order valence-corrected chi connectivity index (χ0v) is 14.4. The van der Waals surface area contributed by atoms with Gasteiger partial charge in [0.25, 0.3) is 0 Å². The van der Waals surface area contributed by atoms with Gasteiger partial charge in [0.1, 0.15) is 0 Å². The van der Waals surface area contributed by atoms with E-state index >= 15 is 0 Å². The van der Waals surface area contributed by atoms with Crippen LogP contribution in [0, 0.1) is 12.8 Å². The number of halogens is 1. The van der Waals surface area contributed by atoms with Crippen molar-refractivity contribution in [1.82, 2.24) is 10.2 Å². The van der Waals surface area contributed by atoms with Crippen LogP contribution < -0.4 is 10.6 Å². The van der Waals surface area contributed by atoms with E-state index in [1.807, 2.05) is 19.1 Å². The summed E-state index contributed by atoms with van der Waals surface area (Å²) in [5.41, 5.74) is 1.72. The molecule has 22 heavy (non-hydrogen) atoms. The minimum absolute atomic E-state index is 0.183. The van der Waals surface area contributed by atoms with Crippen LogP contribution >= 0.6 is 11.6 Å². The molecule has 1 unspecified atom stereocenters. The monoisotopic (exact) mass is 323 g/mol. The van der Waals surface area contributed by atoms with Crippen molar-refractivity contribution in [2.75, 3.05) is 25.0 Å². The van der Waals surface area contributed by atoms with E-state index in [0.717, 1.165) is 24.6 Å². The standard InChI is InChI=1S/C17H26ClN3O/c1-12-6-8-21(9-7-12)14(3)11-19-17(22)20-15-5-4-13(2)16(18)10-15/h4-5,10,12,14H,6-9,11H2,1-3H3,(H2,19,20,22). The number of hydrogen-bond donors (Lipinski definition) is 2. The van der Waals surface area contributed by atoms with Crippen molar-refractivity contribution in [3.8, 4) is 0 Å². The van der Waals surface area contributed by atoms with Crippen LogP contribution in [0.15, 0.2) is 18.2 Å². The summed E-state index contributed by atoms with van der Waals surface area (Å²) in [5, 5.41) is 6.42. The maximum atomic E-state index is 12.0. The predicted molar refractivity (Wildman–Crippen MR) is 92.6 cm³/mol. The second kappa shape index (κ2) is 7.84. The molecule has 1 fully saturated rings. The summed E-state index contributed by atoms with van der Waals surface area (Å²) in [6.07, 6.45) is 2.50. The molecule has 1 saturated heterocycles. The second-order valence-corrected chi connectivity index (χ2v) is 6.77. The number of urea groups is 1. The van der Waals surface area contributed by atoms with Crippen molar-refractivity contribution >= 4 is 23.3 Å². The number of amides is 2. The van der Waals surface area contributed by atoms with E-state index in [-0.39, 0.29) is 6.03 Å². The van der Waals surface area contributed by atoms with Crippen molar-refractivity contribution in [2.24, 2.45) is 5.92 Å². The molecule has 1 aromatic carbocycles. The number of carbonyl (C=O) groups is 1. The molecule has 0 radical (unpaired) electrons. The van der Waals surface area contributed by atoms with Gasteiger partial charge in [0.15, 0.2) is 0 Å². The normalized spacial score (nSPS) is 18.0. The molecule has 0 aliphatic carbocycles. The Balaban J connectivity index is 1.76. The maximum absolute atomic E-state index is 12.0. The summed E-state index contributed by atoms with van der Waals surface area (Å²) in [5.74, 6) is 0.825. The predicted octanol–water partition coefficient (Wildman–Crippen LogP) is 3.89. The van der Waals surface area contributed by atoms with Gasteiger partial charge in [0.05, 0.1) is 0 Å². The van der Waals surface area contributed by atoms with E-state index in [4.69, 9.17) is 11.6 Å². The molecule has 0 saturated carbocycles. The summed E-state index contributed by atoms with van der Waals surface area (Å²) in [6.45, 7) is 9.31. The minimum Gasteiger partial charge on any atom is -0.336 e. The number of nitrogens with one attached hydrogen (secondary N) is 2. The Morgan fingerprint density at radius 1 is 1.41 bits per heavy atom. The Kier molecular flexibility index (Phi) is 6.09. The highest BCUT2D eigenvalue weighted by molar-refractivity contribution is 6.31. The Bertz CT molecular complexity index is 513. The highest BCUT2D eigenvalue weighted by atomic mass is 35.5. The number of nitrogens with zero attached hydrogens (tertiary/aromatic N) is 1. The molecule has 0 spiro atoms. The molecule has 1 aliphatic heterocycles. The smallest absolute Gasteiger partial charge is 0.319 e. The molecule has 0 bridgehead atoms. The molecular weight excluding hydrogens is 298 g/mol. The summed E-state index contributed by atoms with van der Waals surface area (Å²) in [4.78, 5) is 14.4. The van der Waals surface area contributed by atoms with Gasteiger partial charge in [-0.3, -0.25) is 4.90 Å². The van der Waals surface area contributed by atoms with E-state index in [2.05, 4.69) is 29.4 Å². The molecular formula is C17H26ClN3O. The average Bonchev–Trinajstić information content (AvgIpc) is 2.49. The van der Waals surface area contributed by atoms with Gasteiger partial charge >= 0.3 is 6.03 Å². The molecule has 5 heteroatoms. The molecule has 1 aromatic rings. The number of benzene rings is 1. The van der Waals surface area contributed by atoms with Crippen LogP contribution in [0.1, 0.15) is 32.3 Å². The van der Waals surface area contributed by atoms with E-state index < -0.39 is 0 Å². The summed E-state index contributed by atoms with van der Waals surface area (Å²) in [7, 11) is 0. The van der Waals surface area contributed by atoms with Crippen LogP contribution in [0.2, 0.25) is 5.02 Å². The summed E-state index contributed by atoms with van der Waals surface area (Å²) in [6, 6.07) is 5.70. The first-order valence-corrected chi connectivity index (χ1v) is 8.38. The van der Waals surface area contributed by atoms with Crippen LogP contribution in [0.3, 0.4) is 0 Å². The lowest BCUT2D eigenvalue weighted by Crippen LogP contribution is -2.46. The number of hydrogen-bond acceptors (Lipinski definition) is 2. The molecule has 1 atom stereocenters. The lowest BCUT2D eigenvalue weighted by molar-refractivity contribution is 0.146. The quantitative estimate of drug-likeness (QED) is 0.883. The van der Waals surface area contributed by atoms with Gasteiger partial charge in [-0.1, -0.05) is 24.6 Å². The zero-order chi connectivity index (χ0) is 16.1. The Hall–Kier alpha value is -1.26. The zero-order valence-electron chi connectivity index (χ0n) is 13.7. The van der Waals surface area contributed by atoms with Crippen molar-refractivity contribution in [1.29, 1.82) is 0 Å². The van der Waals surface area contributed by atoms with E-state index in [1.54, 1.807) is 6.07 Å². The lowest BCUT2D eigenvalue weighted by atomic mass is 9.98. The highest BCUT2D eigenvalue weighted by Crippen LogP contribution is 2.20. The van der Waals surface area contributed by atoms with Crippen LogP contribution in [-0.4, -0.2) is 36.6 Å². The fourth-order valence-corrected chi connectivity index (χ4v) is 2.87. The Morgan fingerprint density at radius 3 is 2.73 bits per heavy atom. The minimum atomic E-state index is -0.183. The number of piperidine rings is 1. The topological polar surface area (TPSA) is 44.4 Å². The number of anilines is 1. The van der Waals surface area contributed by atoms with Gasteiger partial charge in [-0.2, -0.15) is 0 Å². The number of likely N-dealkylation sites (tertiary alicyclic amines) is 1. The van der Waals surface area contributed by atoms with Crippen molar-refractivity contribution in [2.45, 2.75) is 39.7 Å².